The van der Waals surface area contributed by atoms with Crippen molar-refractivity contribution in [1.82, 2.24) is 4.98 Å². The molecule has 0 spiro atoms. The number of rotatable bonds is 5. The highest BCUT2D eigenvalue weighted by Gasteiger charge is 2.18. The third-order valence-electron chi connectivity index (χ3n) is 2.82. The molecule has 0 saturated heterocycles. The Labute approximate surface area is 112 Å². The minimum atomic E-state index is -1.66. The van der Waals surface area contributed by atoms with Crippen LogP contribution in [0.5, 0.6) is 0 Å². The van der Waals surface area contributed by atoms with E-state index in [1.807, 2.05) is 6.92 Å². The third-order valence-corrected chi connectivity index (χ3v) is 2.82. The Morgan fingerprint density at radius 1 is 1.25 bits per heavy atom. The van der Waals surface area contributed by atoms with Gasteiger partial charge in [-0.25, -0.2) is 18.0 Å². The molecule has 0 radical (unpaired) electrons. The SMILES string of the molecule is CCCCCNc1nc2c(F)c(F)c(F)cc2c(=O)o1. The summed E-state index contributed by atoms with van der Waals surface area (Å²) in [7, 11) is 0. The zero-order chi connectivity index (χ0) is 14.7. The lowest BCUT2D eigenvalue weighted by molar-refractivity contribution is 0.449. The quantitative estimate of drug-likeness (QED) is 0.677. The van der Waals surface area contributed by atoms with E-state index < -0.39 is 34.0 Å². The summed E-state index contributed by atoms with van der Waals surface area (Å²) >= 11 is 0. The number of nitrogens with one attached hydrogen (secondary N) is 1. The summed E-state index contributed by atoms with van der Waals surface area (Å²) < 4.78 is 44.5. The minimum Gasteiger partial charge on any atom is -0.389 e. The van der Waals surface area contributed by atoms with Crippen LogP contribution in [0.15, 0.2) is 15.3 Å². The van der Waals surface area contributed by atoms with E-state index in [4.69, 9.17) is 4.42 Å². The van der Waals surface area contributed by atoms with Crippen molar-refractivity contribution in [2.75, 3.05) is 11.9 Å². The molecule has 0 saturated carbocycles. The second-order valence-electron chi connectivity index (χ2n) is 4.32. The van der Waals surface area contributed by atoms with Gasteiger partial charge in [0.1, 0.15) is 5.52 Å². The fourth-order valence-electron chi connectivity index (χ4n) is 1.76. The molecule has 0 aliphatic rings. The van der Waals surface area contributed by atoms with Crippen LogP contribution in [0.2, 0.25) is 0 Å². The van der Waals surface area contributed by atoms with Crippen LogP contribution >= 0.6 is 0 Å². The number of nitrogens with zero attached hydrogens (tertiary/aromatic N) is 1. The molecule has 2 rings (SSSR count). The maximum atomic E-state index is 13.6. The summed E-state index contributed by atoms with van der Waals surface area (Å²) in [5, 5.41) is 2.28. The first-order valence-corrected chi connectivity index (χ1v) is 6.26. The van der Waals surface area contributed by atoms with Crippen LogP contribution in [0.25, 0.3) is 10.9 Å². The molecule has 0 unspecified atom stereocenters. The molecular weight excluding hydrogens is 273 g/mol. The van der Waals surface area contributed by atoms with E-state index >= 15 is 0 Å². The van der Waals surface area contributed by atoms with Crippen LogP contribution in [0.3, 0.4) is 0 Å². The molecule has 0 aliphatic heterocycles. The third kappa shape index (κ3) is 2.76. The van der Waals surface area contributed by atoms with Gasteiger partial charge in [0.2, 0.25) is 0 Å². The number of benzene rings is 1. The number of hydrogen-bond acceptors (Lipinski definition) is 4. The van der Waals surface area contributed by atoms with Gasteiger partial charge in [-0.2, -0.15) is 4.98 Å². The van der Waals surface area contributed by atoms with Gasteiger partial charge in [-0.1, -0.05) is 19.8 Å². The highest BCUT2D eigenvalue weighted by Crippen LogP contribution is 2.20. The molecule has 0 aliphatic carbocycles. The van der Waals surface area contributed by atoms with Gasteiger partial charge in [-0.15, -0.1) is 0 Å². The average Bonchev–Trinajstić information content (AvgIpc) is 2.43. The topological polar surface area (TPSA) is 55.1 Å². The van der Waals surface area contributed by atoms with Crippen molar-refractivity contribution < 1.29 is 17.6 Å². The van der Waals surface area contributed by atoms with Crippen LogP contribution in [0.4, 0.5) is 19.2 Å². The summed E-state index contributed by atoms with van der Waals surface area (Å²) in [6.07, 6.45) is 2.80. The predicted octanol–water partition coefficient (Wildman–Crippen LogP) is 3.21. The van der Waals surface area contributed by atoms with Crippen molar-refractivity contribution in [3.63, 3.8) is 0 Å². The zero-order valence-electron chi connectivity index (χ0n) is 10.8. The lowest BCUT2D eigenvalue weighted by Gasteiger charge is -2.05. The molecule has 2 aromatic rings. The average molecular weight is 286 g/mol. The van der Waals surface area contributed by atoms with Gasteiger partial charge >= 0.3 is 5.63 Å². The highest BCUT2D eigenvalue weighted by molar-refractivity contribution is 5.78. The first kappa shape index (κ1) is 14.4. The van der Waals surface area contributed by atoms with E-state index in [0.717, 1.165) is 19.3 Å². The molecule has 0 fully saturated rings. The molecule has 0 atom stereocenters. The standard InChI is InChI=1S/C13H13F3N2O2/c1-2-3-4-5-17-13-18-11-7(12(19)20-13)6-8(14)9(15)10(11)16/h6H,2-5H2,1H3,(H,17,18). The van der Waals surface area contributed by atoms with Crippen LogP contribution < -0.4 is 10.9 Å². The van der Waals surface area contributed by atoms with Crippen molar-refractivity contribution in [3.05, 3.63) is 33.9 Å². The Kier molecular flexibility index (Phi) is 4.26. The number of hydrogen-bond donors (Lipinski definition) is 1. The number of aromatic nitrogens is 1. The molecule has 0 bridgehead atoms. The fraction of sp³-hybridized carbons (Fsp3) is 0.385. The molecule has 108 valence electrons. The van der Waals surface area contributed by atoms with Gasteiger partial charge in [0.05, 0.1) is 5.39 Å². The van der Waals surface area contributed by atoms with Gasteiger partial charge in [0, 0.05) is 6.54 Å². The maximum Gasteiger partial charge on any atom is 0.348 e. The fourth-order valence-corrected chi connectivity index (χ4v) is 1.76. The Bertz CT molecular complexity index is 685. The van der Waals surface area contributed by atoms with Crippen LogP contribution in [-0.2, 0) is 0 Å². The molecule has 1 aromatic carbocycles. The van der Waals surface area contributed by atoms with Gasteiger partial charge in [0.25, 0.3) is 6.01 Å². The van der Waals surface area contributed by atoms with Gasteiger partial charge in [0.15, 0.2) is 17.5 Å². The first-order valence-electron chi connectivity index (χ1n) is 6.26. The molecule has 20 heavy (non-hydrogen) atoms. The summed E-state index contributed by atoms with van der Waals surface area (Å²) in [4.78, 5) is 15.3. The van der Waals surface area contributed by atoms with Crippen molar-refractivity contribution in [2.45, 2.75) is 26.2 Å². The maximum absolute atomic E-state index is 13.6. The van der Waals surface area contributed by atoms with Crippen LogP contribution in [-0.4, -0.2) is 11.5 Å². The van der Waals surface area contributed by atoms with Gasteiger partial charge < -0.3 is 9.73 Å². The Morgan fingerprint density at radius 2 is 2.00 bits per heavy atom. The summed E-state index contributed by atoms with van der Waals surface area (Å²) in [6.45, 7) is 2.52. The second-order valence-corrected chi connectivity index (χ2v) is 4.32. The zero-order valence-corrected chi connectivity index (χ0v) is 10.8. The van der Waals surface area contributed by atoms with Crippen molar-refractivity contribution in [1.29, 1.82) is 0 Å². The Hall–Kier alpha value is -2.05. The molecule has 1 heterocycles. The Morgan fingerprint density at radius 3 is 2.70 bits per heavy atom. The molecular formula is C13H13F3N2O2. The monoisotopic (exact) mass is 286 g/mol. The second kappa shape index (κ2) is 5.94. The van der Waals surface area contributed by atoms with Crippen LogP contribution in [0.1, 0.15) is 26.2 Å². The van der Waals surface area contributed by atoms with E-state index in [9.17, 15) is 18.0 Å². The van der Waals surface area contributed by atoms with Gasteiger partial charge in [-0.05, 0) is 12.5 Å². The smallest absolute Gasteiger partial charge is 0.348 e. The molecule has 1 aromatic heterocycles. The first-order chi connectivity index (χ1) is 9.54. The normalized spacial score (nSPS) is 11.0. The molecule has 0 amide bonds. The number of anilines is 1. The number of unbranched alkanes of at least 4 members (excludes halogenated alkanes) is 2. The number of halogens is 3. The molecule has 4 nitrogen and oxygen atoms in total. The highest BCUT2D eigenvalue weighted by atomic mass is 19.2. The van der Waals surface area contributed by atoms with Crippen molar-refractivity contribution >= 4 is 16.9 Å². The number of fused-ring (bicyclic) bond motifs is 1. The summed E-state index contributed by atoms with van der Waals surface area (Å²) in [5.74, 6) is -4.61. The Balaban J connectivity index is 2.38. The van der Waals surface area contributed by atoms with E-state index in [1.54, 1.807) is 0 Å². The lowest BCUT2D eigenvalue weighted by atomic mass is 10.2. The summed E-state index contributed by atoms with van der Waals surface area (Å²) in [6, 6.07) is 0.372. The largest absolute Gasteiger partial charge is 0.389 e. The van der Waals surface area contributed by atoms with Gasteiger partial charge in [-0.3, -0.25) is 0 Å². The van der Waals surface area contributed by atoms with E-state index in [1.165, 1.54) is 0 Å². The minimum absolute atomic E-state index is 0.205. The lowest BCUT2D eigenvalue weighted by Crippen LogP contribution is -2.11. The van der Waals surface area contributed by atoms with Crippen LogP contribution in [0, 0.1) is 17.5 Å². The van der Waals surface area contributed by atoms with E-state index in [-0.39, 0.29) is 6.01 Å². The molecule has 7 heteroatoms. The summed E-state index contributed by atoms with van der Waals surface area (Å²) in [5.41, 5.74) is -1.51. The molecule has 1 N–H and O–H groups in total. The predicted molar refractivity (Wildman–Crippen MR) is 68.2 cm³/mol. The van der Waals surface area contributed by atoms with Crippen molar-refractivity contribution in [3.8, 4) is 0 Å². The van der Waals surface area contributed by atoms with E-state index in [0.29, 0.717) is 12.6 Å². The van der Waals surface area contributed by atoms with E-state index in [2.05, 4.69) is 10.3 Å². The van der Waals surface area contributed by atoms with Crippen molar-refractivity contribution in [2.24, 2.45) is 0 Å².